The first-order chi connectivity index (χ1) is 70.5. The first kappa shape index (κ1) is 133. The van der Waals surface area contributed by atoms with Gasteiger partial charge in [0, 0.05) is 56.7 Å². The predicted molar refractivity (Wildman–Crippen MR) is 561 cm³/mol. The predicted octanol–water partition coefficient (Wildman–Crippen LogP) is 22.5. The monoisotopic (exact) mass is 2240 g/mol. The Kier molecular flexibility index (Phi) is 58.0. The summed E-state index contributed by atoms with van der Waals surface area (Å²) in [7, 11) is 1.25. The Morgan fingerprint density at radius 1 is 0.284 bits per heavy atom. The largest absolute Gasteiger partial charge is 0.691 e. The summed E-state index contributed by atoms with van der Waals surface area (Å²) in [6.45, 7) is 23.7. The zero-order chi connectivity index (χ0) is 110. The van der Waals surface area contributed by atoms with Gasteiger partial charge in [0.15, 0.2) is 29.4 Å². The van der Waals surface area contributed by atoms with Crippen LogP contribution in [0.3, 0.4) is 0 Å². The van der Waals surface area contributed by atoms with Crippen molar-refractivity contribution in [2.24, 2.45) is 79.8 Å². The molecule has 8 atom stereocenters. The van der Waals surface area contributed by atoms with Crippen molar-refractivity contribution in [3.8, 4) is 0 Å². The minimum absolute atomic E-state index is 0.0883. The zero-order valence-corrected chi connectivity index (χ0v) is 94.9. The first-order valence-corrected chi connectivity index (χ1v) is 61.1. The molecule has 4 N–H and O–H groups in total. The molecule has 16 bridgehead atoms. The quantitative estimate of drug-likeness (QED) is 0.00579. The Morgan fingerprint density at radius 2 is 0.446 bits per heavy atom. The summed E-state index contributed by atoms with van der Waals surface area (Å²) >= 11 is -2.73. The molecule has 0 spiro atoms. The van der Waals surface area contributed by atoms with E-state index in [1.54, 1.807) is 0 Å². The number of aliphatic hydroxyl groups is 4. The van der Waals surface area contributed by atoms with Crippen LogP contribution < -0.4 is 21.0 Å². The van der Waals surface area contributed by atoms with Gasteiger partial charge in [0.2, 0.25) is 0 Å². The van der Waals surface area contributed by atoms with Crippen LogP contribution in [0.5, 0.6) is 0 Å². The highest BCUT2D eigenvalue weighted by Crippen LogP contribution is 2.68. The van der Waals surface area contributed by atoms with E-state index in [2.05, 4.69) is 257 Å². The van der Waals surface area contributed by atoms with E-state index < -0.39 is 115 Å². The van der Waals surface area contributed by atoms with Crippen LogP contribution in [0.4, 0.5) is 35.1 Å². The van der Waals surface area contributed by atoms with Gasteiger partial charge < -0.3 is 60.4 Å². The molecule has 0 aromatic heterocycles. The van der Waals surface area contributed by atoms with E-state index in [-0.39, 0.29) is 83.1 Å². The molecule has 0 aliphatic heterocycles. The summed E-state index contributed by atoms with van der Waals surface area (Å²) < 4.78 is 140. The minimum atomic E-state index is -4.01. The molecule has 24 nitrogen and oxygen atoms in total. The van der Waals surface area contributed by atoms with Gasteiger partial charge in [0.05, 0.1) is 59.4 Å². The molecule has 0 amide bonds. The lowest BCUT2D eigenvalue weighted by Crippen LogP contribution is -2.57. The third-order valence-electron chi connectivity index (χ3n) is 28.1. The lowest BCUT2D eigenvalue weighted by Gasteiger charge is -2.61. The Morgan fingerprint density at radius 3 is 0.601 bits per heavy atom. The average molecular weight is 2250 g/mol. The molecule has 40 heteroatoms. The maximum Gasteiger partial charge on any atom is 0.415 e. The van der Waals surface area contributed by atoms with E-state index in [9.17, 15) is 95.8 Å². The molecule has 0 saturated heterocycles. The van der Waals surface area contributed by atoms with E-state index in [1.165, 1.54) is 29.4 Å². The Bertz CT molecular complexity index is 4280. The van der Waals surface area contributed by atoms with Gasteiger partial charge in [0.1, 0.15) is 85.7 Å². The maximum atomic E-state index is 13.4. The molecular formula is C108H156F8O24S8. The summed E-state index contributed by atoms with van der Waals surface area (Å²) in [5.74, 6) is -3.66. The van der Waals surface area contributed by atoms with Gasteiger partial charge in [-0.1, -0.05) is 192 Å². The number of hydrogen-bond donors (Lipinski definition) is 4. The van der Waals surface area contributed by atoms with Crippen molar-refractivity contribution in [2.75, 3.05) is 77.2 Å². The third-order valence-corrected chi connectivity index (χ3v) is 36.4. The second-order valence-corrected chi connectivity index (χ2v) is 50.8. The molecule has 0 heterocycles. The highest BCUT2D eigenvalue weighted by atomic mass is 32.2. The minimum Gasteiger partial charge on any atom is -0.691 e. The van der Waals surface area contributed by atoms with Gasteiger partial charge in [-0.2, -0.15) is 52.5 Å². The molecule has 148 heavy (non-hydrogen) atoms. The summed E-state index contributed by atoms with van der Waals surface area (Å²) in [5.41, 5.74) is -3.24. The van der Waals surface area contributed by atoms with Gasteiger partial charge in [-0.3, -0.25) is 20.2 Å². The number of halogens is 8. The van der Waals surface area contributed by atoms with Crippen LogP contribution in [0, 0.1) is 79.8 Å². The van der Waals surface area contributed by atoms with Gasteiger partial charge >= 0.3 is 44.9 Å². The lowest BCUT2D eigenvalue weighted by atomic mass is 9.44. The Balaban J connectivity index is 0.000000298. The molecule has 16 aliphatic carbocycles. The smallest absolute Gasteiger partial charge is 0.415 e. The number of aliphatic hydroxyl groups excluding tert-OH is 2. The lowest BCUT2D eigenvalue weighted by molar-refractivity contribution is -0.777. The third kappa shape index (κ3) is 40.5. The van der Waals surface area contributed by atoms with Crippen molar-refractivity contribution >= 4 is 116 Å². The highest BCUT2D eigenvalue weighted by molar-refractivity contribution is 7.98. The topological polar surface area (TPSA) is 352 Å². The second-order valence-electron chi connectivity index (χ2n) is 39.4. The van der Waals surface area contributed by atoms with Crippen molar-refractivity contribution in [3.63, 3.8) is 0 Å². The van der Waals surface area contributed by atoms with E-state index in [0.717, 1.165) is 128 Å². The fourth-order valence-corrected chi connectivity index (χ4v) is 30.0. The Labute approximate surface area is 899 Å². The number of alkyl halides is 8. The fourth-order valence-electron chi connectivity index (χ4n) is 24.9. The number of carbonyl (C=O) groups excluding carboxylic acids is 4. The van der Waals surface area contributed by atoms with E-state index >= 15 is 0 Å². The molecule has 836 valence electrons. The fraction of sp³-hybridized carbons (Fsp3) is 0.630. The van der Waals surface area contributed by atoms with Crippen LogP contribution in [0.15, 0.2) is 211 Å². The van der Waals surface area contributed by atoms with Crippen LogP contribution in [-0.4, -0.2) is 154 Å². The highest BCUT2D eigenvalue weighted by Gasteiger charge is 2.63. The van der Waals surface area contributed by atoms with Gasteiger partial charge in [-0.15, -0.1) is 0 Å². The van der Waals surface area contributed by atoms with Gasteiger partial charge in [0.25, 0.3) is 0 Å². The van der Waals surface area contributed by atoms with E-state index in [4.69, 9.17) is 18.9 Å². The SMILES string of the molecule is CC.CC.CC.CC.CC.CC.C[S+](C)c1ccccc1.C[S+](C)c1ccccc1.C[S+](c1ccccc1)c1ccccc1.C[S+](c1ccccc1)c1ccccc1.O=C(OCC12CC3CC(CC(CO)(C3)C1)C2)C(F)(F)SOO[O-].O=C(OCC12CC3CC(CC(CO)(C3)C1)C2)C(F)(F)SOO[O-].O=C(OCC12CC3CC(CC(O)(C3)C1)C2)C(F)(F)SOO[O-].O=C(OCC12CC3CC(CC(O)(C3)C1)C2)C(F)(F)SOO[O-]. The number of ether oxygens (including phenoxy) is 4. The van der Waals surface area contributed by atoms with Crippen molar-refractivity contribution in [1.29, 1.82) is 0 Å². The molecule has 6 aromatic carbocycles. The normalized spacial score (nSPS) is 27.4. The molecule has 16 aliphatic rings. The molecule has 16 saturated carbocycles. The molecule has 16 fully saturated rings. The molecule has 22 rings (SSSR count). The number of rotatable bonds is 32. The van der Waals surface area contributed by atoms with Crippen molar-refractivity contribution in [2.45, 2.75) is 299 Å². The van der Waals surface area contributed by atoms with E-state index in [1.807, 2.05) is 83.1 Å². The zero-order valence-electron chi connectivity index (χ0n) is 88.4. The molecule has 8 unspecified atom stereocenters. The number of hydrogen-bond acceptors (Lipinski definition) is 28. The summed E-state index contributed by atoms with van der Waals surface area (Å²) in [4.78, 5) is 54.5. The van der Waals surface area contributed by atoms with Crippen LogP contribution in [0.1, 0.15) is 237 Å². The average Bonchev–Trinajstić information content (AvgIpc) is 0.821. The maximum absolute atomic E-state index is 13.4. The van der Waals surface area contributed by atoms with Crippen molar-refractivity contribution in [3.05, 3.63) is 182 Å². The van der Waals surface area contributed by atoms with Crippen molar-refractivity contribution in [1.82, 2.24) is 0 Å². The number of esters is 4. The molecular weight excluding hydrogens is 2090 g/mol. The number of carbonyl (C=O) groups is 4. The van der Waals surface area contributed by atoms with Gasteiger partial charge in [-0.05, 0) is 285 Å². The van der Waals surface area contributed by atoms with Crippen LogP contribution >= 0.6 is 48.2 Å². The van der Waals surface area contributed by atoms with Crippen LogP contribution in [0.2, 0.25) is 0 Å². The number of benzene rings is 6. The summed E-state index contributed by atoms with van der Waals surface area (Å²) in [6, 6.07) is 63.7. The van der Waals surface area contributed by atoms with E-state index in [0.29, 0.717) is 94.8 Å². The standard InChI is InChI=1S/2C14H20F2O6S.2C13H18F2O6S.2C13H13S.2C8H11S.6C2H6/c2*15-14(16,23-22-21-19)11(18)20-8-13-4-9-1-10(5-13)3-12(2-9,6-13)7-17;2*14-13(15,22-21-20-18)10(16)19-7-11-2-8-1-9(3-11)5-12(17,4-8)6-11;2*1-14(12-8-4-2-5-9-12)13-10-6-3-7-11-13;2*1-9(2)8-6-4-3-5-7-8;6*1-2/h2*9-10,17,19H,1-8H2;2*8-9,17-18H,1-7H2;2*2-11H,1H3;2*3-7H,1-2H3;6*1-2H3/q;;;;4*+1;;;;;;/p-4. The molecule has 0 radical (unpaired) electrons. The first-order valence-electron chi connectivity index (χ1n) is 50.7. The molecule has 6 aromatic rings. The van der Waals surface area contributed by atoms with Crippen molar-refractivity contribution < 1.29 is 152 Å². The summed E-state index contributed by atoms with van der Waals surface area (Å²) in [5, 5.41) is 74.2. The Hall–Kier alpha value is -5.20. The van der Waals surface area contributed by atoms with Crippen LogP contribution in [-0.2, 0) is 119 Å². The van der Waals surface area contributed by atoms with Gasteiger partial charge in [-0.25, -0.2) is 19.2 Å². The second kappa shape index (κ2) is 64.5. The van der Waals surface area contributed by atoms with Crippen LogP contribution in [0.25, 0.3) is 0 Å². The summed E-state index contributed by atoms with van der Waals surface area (Å²) in [6.07, 6.45) is 33.6.